The molecule has 1 aliphatic carbocycles. The van der Waals surface area contributed by atoms with Gasteiger partial charge in [0.25, 0.3) is 5.89 Å². The molecule has 1 fully saturated rings. The van der Waals surface area contributed by atoms with Crippen LogP contribution in [0.25, 0.3) is 11.6 Å². The van der Waals surface area contributed by atoms with Crippen molar-refractivity contribution in [1.82, 2.24) is 19.9 Å². The van der Waals surface area contributed by atoms with Gasteiger partial charge in [-0.2, -0.15) is 10.1 Å². The molecule has 0 saturated heterocycles. The Morgan fingerprint density at radius 1 is 1.32 bits per heavy atom. The number of hydrogen-bond donors (Lipinski definition) is 0. The standard InChI is InChI=1S/C18H18ClFN4O3S/c1-11-9-15(24(22-11)7-8-28(2,25)26)16-21-17(23-27-16)18(5-6-18)13-4-3-12(20)10-14(13)19/h3-4,9-10H,5-8H2,1-2H3. The molecule has 1 aromatic carbocycles. The predicted molar refractivity (Wildman–Crippen MR) is 101 cm³/mol. The van der Waals surface area contributed by atoms with E-state index in [1.807, 2.05) is 0 Å². The molecule has 0 spiro atoms. The zero-order valence-corrected chi connectivity index (χ0v) is 16.9. The topological polar surface area (TPSA) is 90.9 Å². The Hall–Kier alpha value is -2.26. The average Bonchev–Trinajstić information content (AvgIpc) is 3.09. The van der Waals surface area contributed by atoms with E-state index in [1.165, 1.54) is 18.4 Å². The summed E-state index contributed by atoms with van der Waals surface area (Å²) in [6.07, 6.45) is 2.74. The fourth-order valence-corrected chi connectivity index (χ4v) is 4.13. The normalized spacial score (nSPS) is 15.7. The first-order valence-corrected chi connectivity index (χ1v) is 11.1. The van der Waals surface area contributed by atoms with Crippen LogP contribution in [0.4, 0.5) is 4.39 Å². The lowest BCUT2D eigenvalue weighted by molar-refractivity contribution is 0.413. The summed E-state index contributed by atoms with van der Waals surface area (Å²) in [5.74, 6) is 0.291. The molecule has 0 amide bonds. The summed E-state index contributed by atoms with van der Waals surface area (Å²) in [4.78, 5) is 4.53. The number of rotatable bonds is 6. The first-order valence-electron chi connectivity index (χ1n) is 8.70. The number of aryl methyl sites for hydroxylation is 2. The van der Waals surface area contributed by atoms with E-state index in [0.29, 0.717) is 22.2 Å². The van der Waals surface area contributed by atoms with E-state index in [0.717, 1.165) is 18.4 Å². The molecule has 2 aromatic heterocycles. The molecule has 0 bridgehead atoms. The Balaban J connectivity index is 1.67. The smallest absolute Gasteiger partial charge is 0.276 e. The van der Waals surface area contributed by atoms with E-state index in [2.05, 4.69) is 15.2 Å². The number of sulfone groups is 1. The molecule has 10 heteroatoms. The van der Waals surface area contributed by atoms with Gasteiger partial charge in [0.1, 0.15) is 21.3 Å². The fourth-order valence-electron chi connectivity index (χ4n) is 3.28. The second-order valence-corrected chi connectivity index (χ2v) is 9.82. The van der Waals surface area contributed by atoms with Crippen LogP contribution in [0.2, 0.25) is 5.02 Å². The molecule has 28 heavy (non-hydrogen) atoms. The summed E-state index contributed by atoms with van der Waals surface area (Å²) in [5, 5.41) is 8.78. The van der Waals surface area contributed by atoms with Crippen molar-refractivity contribution in [3.05, 3.63) is 52.2 Å². The van der Waals surface area contributed by atoms with E-state index in [9.17, 15) is 12.8 Å². The lowest BCUT2D eigenvalue weighted by Gasteiger charge is -2.12. The van der Waals surface area contributed by atoms with Crippen molar-refractivity contribution in [1.29, 1.82) is 0 Å². The minimum absolute atomic E-state index is 0.0444. The molecule has 0 aliphatic heterocycles. The average molecular weight is 425 g/mol. The van der Waals surface area contributed by atoms with Gasteiger partial charge in [0.2, 0.25) is 0 Å². The summed E-state index contributed by atoms with van der Waals surface area (Å²) in [6.45, 7) is 1.99. The zero-order valence-electron chi connectivity index (χ0n) is 15.3. The van der Waals surface area contributed by atoms with E-state index in [4.69, 9.17) is 16.1 Å². The Labute approximate surface area is 166 Å². The molecular formula is C18H18ClFN4O3S. The van der Waals surface area contributed by atoms with Crippen LogP contribution in [0.5, 0.6) is 0 Å². The molecule has 3 aromatic rings. The van der Waals surface area contributed by atoms with Crippen LogP contribution in [0.3, 0.4) is 0 Å². The third kappa shape index (κ3) is 3.56. The highest BCUT2D eigenvalue weighted by Gasteiger charge is 2.51. The van der Waals surface area contributed by atoms with E-state index < -0.39 is 21.1 Å². The van der Waals surface area contributed by atoms with Crippen molar-refractivity contribution in [3.8, 4) is 11.6 Å². The SMILES string of the molecule is Cc1cc(-c2nc(C3(c4ccc(F)cc4Cl)CC3)no2)n(CCS(C)(=O)=O)n1. The minimum atomic E-state index is -3.14. The van der Waals surface area contributed by atoms with Crippen LogP contribution in [-0.4, -0.2) is 40.3 Å². The number of halogens is 2. The molecule has 0 radical (unpaired) electrons. The lowest BCUT2D eigenvalue weighted by Crippen LogP contribution is -2.13. The van der Waals surface area contributed by atoms with Crippen molar-refractivity contribution in [2.75, 3.05) is 12.0 Å². The molecule has 0 atom stereocenters. The van der Waals surface area contributed by atoms with Crippen LogP contribution >= 0.6 is 11.6 Å². The summed E-state index contributed by atoms with van der Waals surface area (Å²) in [5.41, 5.74) is 1.55. The van der Waals surface area contributed by atoms with E-state index in [-0.39, 0.29) is 18.2 Å². The largest absolute Gasteiger partial charge is 0.332 e. The maximum absolute atomic E-state index is 13.4. The van der Waals surface area contributed by atoms with Gasteiger partial charge >= 0.3 is 0 Å². The van der Waals surface area contributed by atoms with Gasteiger partial charge in [0.15, 0.2) is 5.82 Å². The highest BCUT2D eigenvalue weighted by Crippen LogP contribution is 2.54. The van der Waals surface area contributed by atoms with Gasteiger partial charge in [0, 0.05) is 11.3 Å². The van der Waals surface area contributed by atoms with Gasteiger partial charge in [-0.25, -0.2) is 12.8 Å². The van der Waals surface area contributed by atoms with Gasteiger partial charge in [-0.05, 0) is 43.5 Å². The maximum atomic E-state index is 13.4. The van der Waals surface area contributed by atoms with Gasteiger partial charge in [-0.3, -0.25) is 4.68 Å². The molecule has 2 heterocycles. The van der Waals surface area contributed by atoms with Crippen LogP contribution in [-0.2, 0) is 21.8 Å². The second kappa shape index (κ2) is 6.66. The summed E-state index contributed by atoms with van der Waals surface area (Å²) < 4.78 is 43.4. The highest BCUT2D eigenvalue weighted by atomic mass is 35.5. The first kappa shape index (κ1) is 19.1. The van der Waals surface area contributed by atoms with E-state index in [1.54, 1.807) is 23.7 Å². The Kier molecular flexibility index (Phi) is 4.54. The number of benzene rings is 1. The molecule has 1 aliphatic rings. The van der Waals surface area contributed by atoms with Crippen LogP contribution in [0, 0.1) is 12.7 Å². The molecule has 1 saturated carbocycles. The minimum Gasteiger partial charge on any atom is -0.332 e. The van der Waals surface area contributed by atoms with Gasteiger partial charge in [0.05, 0.1) is 23.4 Å². The van der Waals surface area contributed by atoms with Crippen molar-refractivity contribution in [2.24, 2.45) is 0 Å². The molecular weight excluding hydrogens is 407 g/mol. The van der Waals surface area contributed by atoms with Crippen molar-refractivity contribution < 1.29 is 17.3 Å². The first-order chi connectivity index (χ1) is 13.2. The van der Waals surface area contributed by atoms with Gasteiger partial charge < -0.3 is 4.52 Å². The van der Waals surface area contributed by atoms with Crippen LogP contribution in [0.15, 0.2) is 28.8 Å². The predicted octanol–water partition coefficient (Wildman–Crippen LogP) is 3.16. The third-order valence-electron chi connectivity index (χ3n) is 4.85. The second-order valence-electron chi connectivity index (χ2n) is 7.15. The summed E-state index contributed by atoms with van der Waals surface area (Å²) >= 11 is 6.24. The number of aromatic nitrogens is 4. The third-order valence-corrected chi connectivity index (χ3v) is 6.08. The molecule has 4 rings (SSSR count). The van der Waals surface area contributed by atoms with E-state index >= 15 is 0 Å². The number of hydrogen-bond acceptors (Lipinski definition) is 6. The number of nitrogens with zero attached hydrogens (tertiary/aromatic N) is 4. The summed E-state index contributed by atoms with van der Waals surface area (Å²) in [7, 11) is -3.14. The molecule has 0 unspecified atom stereocenters. The zero-order chi connectivity index (χ0) is 20.1. The van der Waals surface area contributed by atoms with Crippen molar-refractivity contribution in [3.63, 3.8) is 0 Å². The Bertz CT molecular complexity index is 1150. The van der Waals surface area contributed by atoms with Crippen LogP contribution < -0.4 is 0 Å². The monoisotopic (exact) mass is 424 g/mol. The molecule has 0 N–H and O–H groups in total. The Morgan fingerprint density at radius 3 is 2.71 bits per heavy atom. The molecule has 7 nitrogen and oxygen atoms in total. The fraction of sp³-hybridized carbons (Fsp3) is 0.389. The molecule has 148 valence electrons. The quantitative estimate of drug-likeness (QED) is 0.603. The lowest BCUT2D eigenvalue weighted by atomic mass is 9.95. The Morgan fingerprint density at radius 2 is 2.07 bits per heavy atom. The maximum Gasteiger partial charge on any atom is 0.276 e. The highest BCUT2D eigenvalue weighted by molar-refractivity contribution is 7.90. The van der Waals surface area contributed by atoms with Crippen LogP contribution in [0.1, 0.15) is 29.9 Å². The van der Waals surface area contributed by atoms with Crippen molar-refractivity contribution >= 4 is 21.4 Å². The van der Waals surface area contributed by atoms with Crippen molar-refractivity contribution in [2.45, 2.75) is 31.7 Å². The van der Waals surface area contributed by atoms with Gasteiger partial charge in [-0.1, -0.05) is 22.8 Å². The summed E-state index contributed by atoms with van der Waals surface area (Å²) in [6, 6.07) is 6.07. The van der Waals surface area contributed by atoms with Gasteiger partial charge in [-0.15, -0.1) is 0 Å².